The Hall–Kier alpha value is -1.93. The van der Waals surface area contributed by atoms with E-state index in [4.69, 9.17) is 5.26 Å². The van der Waals surface area contributed by atoms with Crippen molar-refractivity contribution in [1.82, 2.24) is 15.6 Å². The van der Waals surface area contributed by atoms with Crippen LogP contribution in [0.2, 0.25) is 0 Å². The highest BCUT2D eigenvalue weighted by Gasteiger charge is 2.19. The Kier molecular flexibility index (Phi) is 3.68. The van der Waals surface area contributed by atoms with E-state index in [1.807, 2.05) is 6.07 Å². The van der Waals surface area contributed by atoms with E-state index in [1.54, 1.807) is 12.1 Å². The second-order valence-corrected chi connectivity index (χ2v) is 4.03. The minimum Gasteiger partial charge on any atom is -0.349 e. The molecule has 1 aromatic heterocycles. The smallest absolute Gasteiger partial charge is 0.269 e. The maximum atomic E-state index is 11.6. The topological polar surface area (TPSA) is 77.8 Å². The minimum atomic E-state index is -0.202. The molecule has 0 atom stereocenters. The number of carbonyl (C=O) groups excluding carboxylic acids is 1. The maximum absolute atomic E-state index is 11.6. The lowest BCUT2D eigenvalue weighted by Crippen LogP contribution is -2.33. The lowest BCUT2D eigenvalue weighted by atomic mass is 10.2. The van der Waals surface area contributed by atoms with Crippen LogP contribution in [-0.2, 0) is 0 Å². The molecule has 1 aromatic rings. The van der Waals surface area contributed by atoms with Crippen molar-refractivity contribution in [2.75, 3.05) is 13.1 Å². The Balaban J connectivity index is 1.75. The number of nitrogens with zero attached hydrogens (tertiary/aromatic N) is 2. The van der Waals surface area contributed by atoms with Crippen LogP contribution >= 0.6 is 0 Å². The van der Waals surface area contributed by atoms with Crippen molar-refractivity contribution in [3.05, 3.63) is 29.6 Å². The molecule has 2 N–H and O–H groups in total. The predicted molar refractivity (Wildman–Crippen MR) is 62.3 cm³/mol. The molecule has 5 nitrogen and oxygen atoms in total. The number of pyridine rings is 1. The third-order valence-electron chi connectivity index (χ3n) is 2.55. The van der Waals surface area contributed by atoms with Crippen molar-refractivity contribution in [2.24, 2.45) is 0 Å². The van der Waals surface area contributed by atoms with Gasteiger partial charge in [-0.25, -0.2) is 4.98 Å². The lowest BCUT2D eigenvalue weighted by Gasteiger charge is -2.05. The van der Waals surface area contributed by atoms with E-state index in [2.05, 4.69) is 15.6 Å². The number of carbonyl (C=O) groups is 1. The van der Waals surface area contributed by atoms with Crippen molar-refractivity contribution in [3.8, 4) is 6.07 Å². The first kappa shape index (κ1) is 11.6. The standard InChI is InChI=1S/C12H14N4O/c13-7-9-1-4-11(16-8-9)12(17)15-6-5-14-10-2-3-10/h1,4,8,10,14H,2-3,5-6H2,(H,15,17). The molecule has 0 radical (unpaired) electrons. The summed E-state index contributed by atoms with van der Waals surface area (Å²) in [5.41, 5.74) is 0.798. The van der Waals surface area contributed by atoms with Gasteiger partial charge in [0.1, 0.15) is 11.8 Å². The summed E-state index contributed by atoms with van der Waals surface area (Å²) in [6, 6.07) is 5.76. The van der Waals surface area contributed by atoms with E-state index in [0.717, 1.165) is 6.54 Å². The van der Waals surface area contributed by atoms with Crippen molar-refractivity contribution in [3.63, 3.8) is 0 Å². The van der Waals surface area contributed by atoms with Gasteiger partial charge in [0.15, 0.2) is 0 Å². The highest BCUT2D eigenvalue weighted by molar-refractivity contribution is 5.92. The number of nitrogens with one attached hydrogen (secondary N) is 2. The zero-order chi connectivity index (χ0) is 12.1. The lowest BCUT2D eigenvalue weighted by molar-refractivity contribution is 0.0949. The zero-order valence-corrected chi connectivity index (χ0v) is 9.44. The Morgan fingerprint density at radius 1 is 1.47 bits per heavy atom. The van der Waals surface area contributed by atoms with Crippen LogP contribution in [0.15, 0.2) is 18.3 Å². The predicted octanol–water partition coefficient (Wildman–Crippen LogP) is 0.435. The number of aromatic nitrogens is 1. The van der Waals surface area contributed by atoms with Crippen LogP contribution in [-0.4, -0.2) is 30.0 Å². The first-order chi connectivity index (χ1) is 8.29. The number of rotatable bonds is 5. The summed E-state index contributed by atoms with van der Waals surface area (Å²) in [6.07, 6.45) is 3.88. The fourth-order valence-electron chi connectivity index (χ4n) is 1.42. The summed E-state index contributed by atoms with van der Waals surface area (Å²) >= 11 is 0. The summed E-state index contributed by atoms with van der Waals surface area (Å²) in [7, 11) is 0. The van der Waals surface area contributed by atoms with Crippen LogP contribution in [0.3, 0.4) is 0 Å². The Morgan fingerprint density at radius 2 is 2.29 bits per heavy atom. The Bertz CT molecular complexity index is 431. The maximum Gasteiger partial charge on any atom is 0.269 e. The van der Waals surface area contributed by atoms with E-state index >= 15 is 0 Å². The van der Waals surface area contributed by atoms with Gasteiger partial charge in [-0.3, -0.25) is 4.79 Å². The van der Waals surface area contributed by atoms with Crippen LogP contribution in [0.5, 0.6) is 0 Å². The molecule has 1 heterocycles. The third kappa shape index (κ3) is 3.54. The Morgan fingerprint density at radius 3 is 2.88 bits per heavy atom. The summed E-state index contributed by atoms with van der Waals surface area (Å²) in [5.74, 6) is -0.202. The third-order valence-corrected chi connectivity index (χ3v) is 2.55. The first-order valence-electron chi connectivity index (χ1n) is 5.67. The second kappa shape index (κ2) is 5.41. The molecule has 5 heteroatoms. The average molecular weight is 230 g/mol. The van der Waals surface area contributed by atoms with Gasteiger partial charge < -0.3 is 10.6 Å². The van der Waals surface area contributed by atoms with Crippen LogP contribution in [0.25, 0.3) is 0 Å². The highest BCUT2D eigenvalue weighted by Crippen LogP contribution is 2.17. The van der Waals surface area contributed by atoms with Crippen molar-refractivity contribution >= 4 is 5.91 Å². The molecule has 0 spiro atoms. The minimum absolute atomic E-state index is 0.202. The number of hydrogen-bond acceptors (Lipinski definition) is 4. The van der Waals surface area contributed by atoms with Crippen molar-refractivity contribution in [2.45, 2.75) is 18.9 Å². The van der Waals surface area contributed by atoms with E-state index in [9.17, 15) is 4.79 Å². The monoisotopic (exact) mass is 230 g/mol. The number of nitriles is 1. The Labute approximate surface area is 99.9 Å². The van der Waals surface area contributed by atoms with Crippen molar-refractivity contribution < 1.29 is 4.79 Å². The summed E-state index contributed by atoms with van der Waals surface area (Å²) in [4.78, 5) is 15.5. The SMILES string of the molecule is N#Cc1ccc(C(=O)NCCNC2CC2)nc1. The van der Waals surface area contributed by atoms with E-state index in [-0.39, 0.29) is 5.91 Å². The fourth-order valence-corrected chi connectivity index (χ4v) is 1.42. The van der Waals surface area contributed by atoms with E-state index < -0.39 is 0 Å². The molecule has 88 valence electrons. The van der Waals surface area contributed by atoms with Gasteiger partial charge in [-0.1, -0.05) is 0 Å². The first-order valence-corrected chi connectivity index (χ1v) is 5.67. The van der Waals surface area contributed by atoms with Gasteiger partial charge in [0.2, 0.25) is 0 Å². The molecule has 1 aliphatic carbocycles. The fraction of sp³-hybridized carbons (Fsp3) is 0.417. The molecule has 17 heavy (non-hydrogen) atoms. The van der Waals surface area contributed by atoms with Gasteiger partial charge in [0.05, 0.1) is 5.56 Å². The normalized spacial score (nSPS) is 14.1. The zero-order valence-electron chi connectivity index (χ0n) is 9.44. The molecule has 0 aromatic carbocycles. The molecule has 1 saturated carbocycles. The van der Waals surface area contributed by atoms with E-state index in [1.165, 1.54) is 19.0 Å². The molecule has 0 saturated heterocycles. The van der Waals surface area contributed by atoms with Crippen LogP contribution in [0, 0.1) is 11.3 Å². The van der Waals surface area contributed by atoms with Gasteiger partial charge in [0, 0.05) is 25.3 Å². The summed E-state index contributed by atoms with van der Waals surface area (Å²) in [6.45, 7) is 1.38. The van der Waals surface area contributed by atoms with Gasteiger partial charge in [-0.05, 0) is 25.0 Å². The summed E-state index contributed by atoms with van der Waals surface area (Å²) < 4.78 is 0. The van der Waals surface area contributed by atoms with Crippen molar-refractivity contribution in [1.29, 1.82) is 5.26 Å². The highest BCUT2D eigenvalue weighted by atomic mass is 16.1. The molecule has 1 amide bonds. The number of hydrogen-bond donors (Lipinski definition) is 2. The molecule has 1 fully saturated rings. The molecular weight excluding hydrogens is 216 g/mol. The quantitative estimate of drug-likeness (QED) is 0.719. The number of amides is 1. The molecule has 2 rings (SSSR count). The van der Waals surface area contributed by atoms with Crippen LogP contribution in [0.4, 0.5) is 0 Å². The molecule has 1 aliphatic rings. The van der Waals surface area contributed by atoms with Crippen LogP contribution in [0.1, 0.15) is 28.9 Å². The molecule has 0 aliphatic heterocycles. The van der Waals surface area contributed by atoms with Gasteiger partial charge >= 0.3 is 0 Å². The second-order valence-electron chi connectivity index (χ2n) is 4.03. The largest absolute Gasteiger partial charge is 0.349 e. The average Bonchev–Trinajstić information content (AvgIpc) is 3.18. The summed E-state index contributed by atoms with van der Waals surface area (Å²) in [5, 5.41) is 14.7. The molecular formula is C12H14N4O. The van der Waals surface area contributed by atoms with Gasteiger partial charge in [-0.15, -0.1) is 0 Å². The van der Waals surface area contributed by atoms with Crippen LogP contribution < -0.4 is 10.6 Å². The molecule has 0 unspecified atom stereocenters. The van der Waals surface area contributed by atoms with Gasteiger partial charge in [0.25, 0.3) is 5.91 Å². The van der Waals surface area contributed by atoms with Gasteiger partial charge in [-0.2, -0.15) is 5.26 Å². The van der Waals surface area contributed by atoms with E-state index in [0.29, 0.717) is 23.8 Å². The molecule has 0 bridgehead atoms.